The van der Waals surface area contributed by atoms with Crippen LogP contribution in [-0.4, -0.2) is 6.54 Å². The second-order valence-corrected chi connectivity index (χ2v) is 4.68. The molecule has 0 aromatic rings. The highest BCUT2D eigenvalue weighted by atomic mass is 14.5. The fraction of sp³-hybridized carbons (Fsp3) is 0.867. The van der Waals surface area contributed by atoms with E-state index in [9.17, 15) is 0 Å². The first kappa shape index (κ1) is 15.7. The van der Waals surface area contributed by atoms with Crippen LogP contribution in [0.2, 0.25) is 0 Å². The summed E-state index contributed by atoms with van der Waals surface area (Å²) in [6.45, 7) is 2.97. The minimum Gasteiger partial charge on any atom is -0.327 e. The molecule has 0 aliphatic carbocycles. The zero-order valence-corrected chi connectivity index (χ0v) is 11.2. The van der Waals surface area contributed by atoms with Gasteiger partial charge in [0.2, 0.25) is 0 Å². The summed E-state index contributed by atoms with van der Waals surface area (Å²) in [5.41, 5.74) is 5.37. The lowest BCUT2D eigenvalue weighted by Crippen LogP contribution is -1.91. The van der Waals surface area contributed by atoms with E-state index in [2.05, 4.69) is 19.1 Å². The molecule has 2 N–H and O–H groups in total. The summed E-state index contributed by atoms with van der Waals surface area (Å²) in [5, 5.41) is 0. The highest BCUT2D eigenvalue weighted by Gasteiger charge is 1.91. The summed E-state index contributed by atoms with van der Waals surface area (Å²) in [6, 6.07) is 0. The van der Waals surface area contributed by atoms with Crippen molar-refractivity contribution >= 4 is 0 Å². The zero-order valence-electron chi connectivity index (χ0n) is 11.2. The molecule has 0 bridgehead atoms. The quantitative estimate of drug-likeness (QED) is 0.374. The normalized spacial score (nSPS) is 11.4. The molecule has 1 heteroatoms. The van der Waals surface area contributed by atoms with Crippen LogP contribution in [0, 0.1) is 0 Å². The van der Waals surface area contributed by atoms with Crippen molar-refractivity contribution in [3.05, 3.63) is 12.2 Å². The van der Waals surface area contributed by atoms with Crippen molar-refractivity contribution in [2.24, 2.45) is 5.73 Å². The molecule has 0 fully saturated rings. The van der Waals surface area contributed by atoms with Crippen LogP contribution in [0.1, 0.15) is 77.6 Å². The molecule has 0 aliphatic rings. The Kier molecular flexibility index (Phi) is 14.4. The number of unbranched alkanes of at least 4 members (excludes halogenated alkanes) is 10. The molecule has 0 saturated heterocycles. The van der Waals surface area contributed by atoms with Crippen molar-refractivity contribution in [1.29, 1.82) is 0 Å². The van der Waals surface area contributed by atoms with Gasteiger partial charge in [0, 0.05) is 6.54 Å². The Labute approximate surface area is 102 Å². The van der Waals surface area contributed by atoms with E-state index in [4.69, 9.17) is 5.73 Å². The van der Waals surface area contributed by atoms with Crippen LogP contribution >= 0.6 is 0 Å². The SMILES string of the molecule is CCCCCCCCCCCCC=CCN. The first-order chi connectivity index (χ1) is 7.91. The van der Waals surface area contributed by atoms with Crippen LogP contribution in [0.3, 0.4) is 0 Å². The van der Waals surface area contributed by atoms with E-state index in [-0.39, 0.29) is 0 Å². The van der Waals surface area contributed by atoms with Gasteiger partial charge < -0.3 is 5.73 Å². The second kappa shape index (κ2) is 14.7. The Bertz CT molecular complexity index is 140. The third-order valence-electron chi connectivity index (χ3n) is 3.03. The van der Waals surface area contributed by atoms with Gasteiger partial charge in [-0.3, -0.25) is 0 Å². The third-order valence-corrected chi connectivity index (χ3v) is 3.03. The molecule has 0 heterocycles. The number of hydrogen-bond acceptors (Lipinski definition) is 1. The van der Waals surface area contributed by atoms with Gasteiger partial charge in [0.25, 0.3) is 0 Å². The van der Waals surface area contributed by atoms with Crippen molar-refractivity contribution in [3.8, 4) is 0 Å². The Morgan fingerprint density at radius 3 is 1.69 bits per heavy atom. The van der Waals surface area contributed by atoms with Gasteiger partial charge in [0.15, 0.2) is 0 Å². The third kappa shape index (κ3) is 13.7. The van der Waals surface area contributed by atoms with Gasteiger partial charge in [-0.15, -0.1) is 0 Å². The van der Waals surface area contributed by atoms with Crippen LogP contribution < -0.4 is 5.73 Å². The number of nitrogens with two attached hydrogens (primary N) is 1. The van der Waals surface area contributed by atoms with Crippen molar-refractivity contribution < 1.29 is 0 Å². The molecule has 0 radical (unpaired) electrons. The predicted molar refractivity (Wildman–Crippen MR) is 74.7 cm³/mol. The molecular weight excluding hydrogens is 194 g/mol. The van der Waals surface area contributed by atoms with Crippen molar-refractivity contribution in [1.82, 2.24) is 0 Å². The summed E-state index contributed by atoms with van der Waals surface area (Å²) < 4.78 is 0. The minimum atomic E-state index is 0.692. The molecule has 1 nitrogen and oxygen atoms in total. The van der Waals surface area contributed by atoms with E-state index in [1.165, 1.54) is 70.6 Å². The smallest absolute Gasteiger partial charge is 0.0106 e. The van der Waals surface area contributed by atoms with Crippen molar-refractivity contribution in [2.75, 3.05) is 6.54 Å². The minimum absolute atomic E-state index is 0.692. The Hall–Kier alpha value is -0.300. The number of rotatable bonds is 12. The standard InChI is InChI=1S/C15H31N/c1-2-3-4-5-6-7-8-9-10-11-12-13-14-15-16/h13-14H,2-12,15-16H2,1H3. The molecule has 0 aromatic carbocycles. The lowest BCUT2D eigenvalue weighted by Gasteiger charge is -2.01. The predicted octanol–water partition coefficient (Wildman–Crippen LogP) is 4.81. The van der Waals surface area contributed by atoms with E-state index in [1.807, 2.05) is 0 Å². The Morgan fingerprint density at radius 2 is 1.19 bits per heavy atom. The summed E-state index contributed by atoms with van der Waals surface area (Å²) in [6.07, 6.45) is 19.7. The van der Waals surface area contributed by atoms with E-state index in [1.54, 1.807) is 0 Å². The Balaban J connectivity index is 2.90. The molecule has 0 aliphatic heterocycles. The molecule has 0 saturated carbocycles. The van der Waals surface area contributed by atoms with Crippen LogP contribution in [0.4, 0.5) is 0 Å². The first-order valence-corrected chi connectivity index (χ1v) is 7.27. The van der Waals surface area contributed by atoms with E-state index < -0.39 is 0 Å². The van der Waals surface area contributed by atoms with Crippen molar-refractivity contribution in [3.63, 3.8) is 0 Å². The van der Waals surface area contributed by atoms with E-state index >= 15 is 0 Å². The largest absolute Gasteiger partial charge is 0.327 e. The molecule has 0 amide bonds. The maximum atomic E-state index is 5.37. The summed E-state index contributed by atoms with van der Waals surface area (Å²) in [5.74, 6) is 0. The summed E-state index contributed by atoms with van der Waals surface area (Å²) in [4.78, 5) is 0. The highest BCUT2D eigenvalue weighted by molar-refractivity contribution is 4.81. The van der Waals surface area contributed by atoms with Crippen LogP contribution in [-0.2, 0) is 0 Å². The van der Waals surface area contributed by atoms with Crippen LogP contribution in [0.25, 0.3) is 0 Å². The monoisotopic (exact) mass is 225 g/mol. The van der Waals surface area contributed by atoms with Gasteiger partial charge >= 0.3 is 0 Å². The molecule has 0 atom stereocenters. The van der Waals surface area contributed by atoms with Crippen LogP contribution in [0.15, 0.2) is 12.2 Å². The number of hydrogen-bond donors (Lipinski definition) is 1. The van der Waals surface area contributed by atoms with Gasteiger partial charge in [-0.25, -0.2) is 0 Å². The van der Waals surface area contributed by atoms with Crippen molar-refractivity contribution in [2.45, 2.75) is 77.6 Å². The maximum absolute atomic E-state index is 5.37. The van der Waals surface area contributed by atoms with E-state index in [0.29, 0.717) is 6.54 Å². The maximum Gasteiger partial charge on any atom is 0.0106 e. The topological polar surface area (TPSA) is 26.0 Å². The molecule has 0 spiro atoms. The fourth-order valence-corrected chi connectivity index (χ4v) is 1.96. The Morgan fingerprint density at radius 1 is 0.688 bits per heavy atom. The van der Waals surface area contributed by atoms with Crippen LogP contribution in [0.5, 0.6) is 0 Å². The zero-order chi connectivity index (χ0) is 11.9. The molecule has 0 unspecified atom stereocenters. The molecule has 0 aromatic heterocycles. The van der Waals surface area contributed by atoms with E-state index in [0.717, 1.165) is 0 Å². The average molecular weight is 225 g/mol. The molecule has 0 rings (SSSR count). The molecular formula is C15H31N. The van der Waals surface area contributed by atoms with Gasteiger partial charge in [-0.1, -0.05) is 76.9 Å². The fourth-order valence-electron chi connectivity index (χ4n) is 1.96. The molecule has 16 heavy (non-hydrogen) atoms. The first-order valence-electron chi connectivity index (χ1n) is 7.27. The average Bonchev–Trinajstić information content (AvgIpc) is 2.31. The highest BCUT2D eigenvalue weighted by Crippen LogP contribution is 2.11. The molecule has 96 valence electrons. The second-order valence-electron chi connectivity index (χ2n) is 4.68. The van der Waals surface area contributed by atoms with Gasteiger partial charge in [0.05, 0.1) is 0 Å². The van der Waals surface area contributed by atoms with Gasteiger partial charge in [-0.05, 0) is 12.8 Å². The summed E-state index contributed by atoms with van der Waals surface area (Å²) >= 11 is 0. The summed E-state index contributed by atoms with van der Waals surface area (Å²) in [7, 11) is 0. The number of allylic oxidation sites excluding steroid dienone is 1. The van der Waals surface area contributed by atoms with Gasteiger partial charge in [0.1, 0.15) is 0 Å². The van der Waals surface area contributed by atoms with Gasteiger partial charge in [-0.2, -0.15) is 0 Å². The lowest BCUT2D eigenvalue weighted by atomic mass is 10.1. The lowest BCUT2D eigenvalue weighted by molar-refractivity contribution is 0.557.